The van der Waals surface area contributed by atoms with Crippen LogP contribution in [0, 0.1) is 5.92 Å². The molecule has 1 N–H and O–H groups in total. The fraction of sp³-hybridized carbons (Fsp3) is 0.824. The van der Waals surface area contributed by atoms with Gasteiger partial charge in [0, 0.05) is 18.3 Å². The molecule has 0 radical (unpaired) electrons. The molecule has 1 atom stereocenters. The van der Waals surface area contributed by atoms with Gasteiger partial charge in [0.2, 0.25) is 0 Å². The van der Waals surface area contributed by atoms with Crippen LogP contribution in [0.15, 0.2) is 12.5 Å². The molecule has 112 valence electrons. The number of nitrogens with zero attached hydrogens (tertiary/aromatic N) is 2. The summed E-state index contributed by atoms with van der Waals surface area (Å²) in [5, 5.41) is 3.67. The molecule has 3 rings (SSSR count). The highest BCUT2D eigenvalue weighted by molar-refractivity contribution is 5.08. The van der Waals surface area contributed by atoms with E-state index in [4.69, 9.17) is 0 Å². The van der Waals surface area contributed by atoms with Gasteiger partial charge in [0.1, 0.15) is 0 Å². The molecule has 1 saturated carbocycles. The summed E-state index contributed by atoms with van der Waals surface area (Å²) >= 11 is 0. The van der Waals surface area contributed by atoms with Gasteiger partial charge >= 0.3 is 0 Å². The first kappa shape index (κ1) is 14.1. The average Bonchev–Trinajstić information content (AvgIpc) is 2.99. The Labute approximate surface area is 123 Å². The smallest absolute Gasteiger partial charge is 0.0951 e. The van der Waals surface area contributed by atoms with Crippen LogP contribution in [0.1, 0.15) is 82.5 Å². The third kappa shape index (κ3) is 3.08. The molecule has 0 aromatic carbocycles. The van der Waals surface area contributed by atoms with Crippen molar-refractivity contribution < 1.29 is 0 Å². The lowest BCUT2D eigenvalue weighted by Gasteiger charge is -2.32. The van der Waals surface area contributed by atoms with Gasteiger partial charge in [-0.2, -0.15) is 0 Å². The minimum atomic E-state index is 0.541. The van der Waals surface area contributed by atoms with Crippen LogP contribution in [0.25, 0.3) is 0 Å². The maximum absolute atomic E-state index is 4.45. The number of aromatic nitrogens is 2. The van der Waals surface area contributed by atoms with Gasteiger partial charge in [-0.05, 0) is 51.0 Å². The minimum Gasteiger partial charge on any atom is -0.330 e. The van der Waals surface area contributed by atoms with Gasteiger partial charge in [-0.15, -0.1) is 0 Å². The third-order valence-electron chi connectivity index (χ3n) is 5.27. The third-order valence-corrected chi connectivity index (χ3v) is 5.27. The van der Waals surface area contributed by atoms with Crippen molar-refractivity contribution >= 4 is 0 Å². The summed E-state index contributed by atoms with van der Waals surface area (Å²) in [6.45, 7) is 3.48. The van der Waals surface area contributed by atoms with Crippen molar-refractivity contribution in [1.82, 2.24) is 14.9 Å². The van der Waals surface area contributed by atoms with E-state index in [-0.39, 0.29) is 0 Å². The Morgan fingerprint density at radius 3 is 2.75 bits per heavy atom. The summed E-state index contributed by atoms with van der Waals surface area (Å²) in [6.07, 6.45) is 16.4. The largest absolute Gasteiger partial charge is 0.330 e. The lowest BCUT2D eigenvalue weighted by Crippen LogP contribution is -2.30. The van der Waals surface area contributed by atoms with Gasteiger partial charge < -0.3 is 9.88 Å². The van der Waals surface area contributed by atoms with Crippen LogP contribution in [0.3, 0.4) is 0 Å². The standard InChI is InChI=1S/C17H29N3/c1-2-5-14-7-9-15(10-8-14)20-13-18-12-17(20)16-6-3-4-11-19-16/h12-16,19H,2-11H2,1H3. The van der Waals surface area contributed by atoms with Crippen molar-refractivity contribution in [2.45, 2.75) is 76.8 Å². The zero-order valence-corrected chi connectivity index (χ0v) is 12.9. The number of nitrogens with one attached hydrogen (secondary N) is 1. The molecule has 1 aromatic heterocycles. The molecule has 1 aliphatic carbocycles. The second-order valence-electron chi connectivity index (χ2n) is 6.69. The molecule has 1 aliphatic heterocycles. The number of rotatable bonds is 4. The molecular formula is C17H29N3. The second-order valence-corrected chi connectivity index (χ2v) is 6.69. The minimum absolute atomic E-state index is 0.541. The van der Waals surface area contributed by atoms with Crippen molar-refractivity contribution in [2.75, 3.05) is 6.54 Å². The van der Waals surface area contributed by atoms with Crippen molar-refractivity contribution in [3.8, 4) is 0 Å². The van der Waals surface area contributed by atoms with Gasteiger partial charge in [-0.1, -0.05) is 26.2 Å². The van der Waals surface area contributed by atoms with Crippen molar-refractivity contribution in [2.24, 2.45) is 5.92 Å². The normalized spacial score (nSPS) is 31.4. The molecule has 2 fully saturated rings. The highest BCUT2D eigenvalue weighted by atomic mass is 15.1. The molecule has 0 amide bonds. The fourth-order valence-electron chi connectivity index (χ4n) is 4.11. The highest BCUT2D eigenvalue weighted by Crippen LogP contribution is 2.36. The predicted octanol–water partition coefficient (Wildman–Crippen LogP) is 4.23. The molecule has 1 aromatic rings. The Morgan fingerprint density at radius 2 is 2.05 bits per heavy atom. The Kier molecular flexibility index (Phi) is 4.77. The Hall–Kier alpha value is -0.830. The van der Waals surface area contributed by atoms with E-state index >= 15 is 0 Å². The average molecular weight is 275 g/mol. The molecule has 1 saturated heterocycles. The van der Waals surface area contributed by atoms with Crippen molar-refractivity contribution in [3.63, 3.8) is 0 Å². The molecule has 1 unspecified atom stereocenters. The molecule has 2 aliphatic rings. The predicted molar refractivity (Wildman–Crippen MR) is 82.7 cm³/mol. The molecular weight excluding hydrogens is 246 g/mol. The molecule has 2 heterocycles. The summed E-state index contributed by atoms with van der Waals surface area (Å²) in [5.41, 5.74) is 1.43. The van der Waals surface area contributed by atoms with Crippen LogP contribution < -0.4 is 5.32 Å². The van der Waals surface area contributed by atoms with E-state index < -0.39 is 0 Å². The first-order valence-electron chi connectivity index (χ1n) is 8.63. The van der Waals surface area contributed by atoms with E-state index in [9.17, 15) is 0 Å². The van der Waals surface area contributed by atoms with E-state index in [1.54, 1.807) is 0 Å². The van der Waals surface area contributed by atoms with Crippen LogP contribution in [0.5, 0.6) is 0 Å². The fourth-order valence-corrected chi connectivity index (χ4v) is 4.11. The first-order chi connectivity index (χ1) is 9.88. The van der Waals surface area contributed by atoms with E-state index in [2.05, 4.69) is 34.3 Å². The van der Waals surface area contributed by atoms with Crippen LogP contribution in [0.2, 0.25) is 0 Å². The summed E-state index contributed by atoms with van der Waals surface area (Å²) in [4.78, 5) is 4.45. The maximum atomic E-state index is 4.45. The molecule has 3 heteroatoms. The zero-order valence-electron chi connectivity index (χ0n) is 12.9. The lowest BCUT2D eigenvalue weighted by atomic mass is 9.83. The molecule has 0 spiro atoms. The number of hydrogen-bond donors (Lipinski definition) is 1. The van der Waals surface area contributed by atoms with E-state index in [0.29, 0.717) is 12.1 Å². The molecule has 3 nitrogen and oxygen atoms in total. The van der Waals surface area contributed by atoms with Crippen LogP contribution in [0.4, 0.5) is 0 Å². The number of imidazole rings is 1. The van der Waals surface area contributed by atoms with E-state index in [1.165, 1.54) is 70.0 Å². The first-order valence-corrected chi connectivity index (χ1v) is 8.63. The van der Waals surface area contributed by atoms with Gasteiger partial charge in [-0.3, -0.25) is 0 Å². The zero-order chi connectivity index (χ0) is 13.8. The Morgan fingerprint density at radius 1 is 1.20 bits per heavy atom. The Bertz CT molecular complexity index is 398. The van der Waals surface area contributed by atoms with Gasteiger partial charge in [0.25, 0.3) is 0 Å². The van der Waals surface area contributed by atoms with Crippen molar-refractivity contribution in [1.29, 1.82) is 0 Å². The van der Waals surface area contributed by atoms with Crippen molar-refractivity contribution in [3.05, 3.63) is 18.2 Å². The summed E-state index contributed by atoms with van der Waals surface area (Å²) < 4.78 is 2.49. The highest BCUT2D eigenvalue weighted by Gasteiger charge is 2.26. The summed E-state index contributed by atoms with van der Waals surface area (Å²) in [5.74, 6) is 0.982. The SMILES string of the molecule is CCCC1CCC(n2cncc2C2CCCCN2)CC1. The van der Waals surface area contributed by atoms with Gasteiger partial charge in [0.15, 0.2) is 0 Å². The van der Waals surface area contributed by atoms with Crippen LogP contribution >= 0.6 is 0 Å². The van der Waals surface area contributed by atoms with Gasteiger partial charge in [0.05, 0.1) is 12.0 Å². The Balaban J connectivity index is 1.64. The van der Waals surface area contributed by atoms with Crippen LogP contribution in [-0.4, -0.2) is 16.1 Å². The second kappa shape index (κ2) is 6.75. The van der Waals surface area contributed by atoms with E-state index in [1.807, 2.05) is 0 Å². The monoisotopic (exact) mass is 275 g/mol. The molecule has 20 heavy (non-hydrogen) atoms. The lowest BCUT2D eigenvalue weighted by molar-refractivity contribution is 0.253. The summed E-state index contributed by atoms with van der Waals surface area (Å²) in [6, 6.07) is 1.24. The number of piperidine rings is 1. The van der Waals surface area contributed by atoms with Gasteiger partial charge in [-0.25, -0.2) is 4.98 Å². The maximum Gasteiger partial charge on any atom is 0.0951 e. The summed E-state index contributed by atoms with van der Waals surface area (Å²) in [7, 11) is 0. The quantitative estimate of drug-likeness (QED) is 0.891. The molecule has 0 bridgehead atoms. The van der Waals surface area contributed by atoms with Crippen LogP contribution in [-0.2, 0) is 0 Å². The topological polar surface area (TPSA) is 29.9 Å². The van der Waals surface area contributed by atoms with E-state index in [0.717, 1.165) is 5.92 Å². The number of hydrogen-bond acceptors (Lipinski definition) is 2.